The van der Waals surface area contributed by atoms with Crippen molar-refractivity contribution in [3.63, 3.8) is 0 Å². The monoisotopic (exact) mass is 217 g/mol. The highest BCUT2D eigenvalue weighted by molar-refractivity contribution is 6.21. The first-order valence-corrected chi connectivity index (χ1v) is 5.68. The Bertz CT molecular complexity index is 201. The van der Waals surface area contributed by atoms with Crippen molar-refractivity contribution in [1.82, 2.24) is 0 Å². The molecule has 1 rings (SSSR count). The zero-order valence-corrected chi connectivity index (χ0v) is 9.76. The minimum atomic E-state index is 0.135. The van der Waals surface area contributed by atoms with E-state index in [0.717, 1.165) is 19.3 Å². The maximum atomic E-state index is 6.16. The summed E-state index contributed by atoms with van der Waals surface area (Å²) in [6.45, 7) is 4.78. The normalized spacial score (nSPS) is 32.7. The van der Waals surface area contributed by atoms with Crippen LogP contribution >= 0.6 is 11.6 Å². The molecule has 0 aliphatic heterocycles. The van der Waals surface area contributed by atoms with Gasteiger partial charge in [-0.1, -0.05) is 11.6 Å². The molecule has 1 aliphatic rings. The van der Waals surface area contributed by atoms with Gasteiger partial charge in [0.1, 0.15) is 0 Å². The van der Waals surface area contributed by atoms with E-state index in [0.29, 0.717) is 6.61 Å². The molecule has 0 aromatic carbocycles. The molecule has 1 fully saturated rings. The second kappa shape index (κ2) is 5.74. The third-order valence-corrected chi connectivity index (χ3v) is 3.05. The van der Waals surface area contributed by atoms with Crippen LogP contribution in [0, 0.1) is 0 Å². The Kier molecular flexibility index (Phi) is 4.93. The van der Waals surface area contributed by atoms with Crippen molar-refractivity contribution in [2.75, 3.05) is 6.61 Å². The van der Waals surface area contributed by atoms with Crippen molar-refractivity contribution in [2.45, 2.75) is 50.6 Å². The van der Waals surface area contributed by atoms with Gasteiger partial charge in [0.05, 0.1) is 18.1 Å². The van der Waals surface area contributed by atoms with E-state index in [4.69, 9.17) is 22.1 Å². The maximum Gasteiger partial charge on any atom is 0.0757 e. The van der Waals surface area contributed by atoms with E-state index in [1.165, 1.54) is 5.57 Å². The third-order valence-electron chi connectivity index (χ3n) is 2.55. The van der Waals surface area contributed by atoms with Crippen LogP contribution in [0.2, 0.25) is 0 Å². The molecule has 3 heteroatoms. The predicted molar refractivity (Wildman–Crippen MR) is 60.6 cm³/mol. The highest BCUT2D eigenvalue weighted by atomic mass is 35.5. The molecular formula is C11H20ClNO. The van der Waals surface area contributed by atoms with Crippen LogP contribution < -0.4 is 5.73 Å². The van der Waals surface area contributed by atoms with E-state index in [-0.39, 0.29) is 17.5 Å². The fourth-order valence-electron chi connectivity index (χ4n) is 1.63. The molecular weight excluding hydrogens is 198 g/mol. The average Bonchev–Trinajstić information content (AvgIpc) is 2.10. The topological polar surface area (TPSA) is 35.2 Å². The minimum absolute atomic E-state index is 0.135. The van der Waals surface area contributed by atoms with Crippen LogP contribution in [0.1, 0.15) is 33.1 Å². The predicted octanol–water partition coefficient (Wildman–Crippen LogP) is 2.46. The molecule has 3 atom stereocenters. The summed E-state index contributed by atoms with van der Waals surface area (Å²) in [4.78, 5) is 0. The summed E-state index contributed by atoms with van der Waals surface area (Å²) in [5.41, 5.74) is 7.14. The number of alkyl halides is 1. The van der Waals surface area contributed by atoms with Crippen molar-refractivity contribution in [2.24, 2.45) is 5.73 Å². The van der Waals surface area contributed by atoms with Gasteiger partial charge >= 0.3 is 0 Å². The molecule has 0 saturated heterocycles. The zero-order valence-electron chi connectivity index (χ0n) is 9.00. The van der Waals surface area contributed by atoms with Gasteiger partial charge in [-0.05, 0) is 33.1 Å². The van der Waals surface area contributed by atoms with Crippen molar-refractivity contribution in [3.8, 4) is 0 Å². The molecule has 1 saturated carbocycles. The summed E-state index contributed by atoms with van der Waals surface area (Å²) >= 11 is 6.16. The first-order chi connectivity index (χ1) is 6.59. The highest BCUT2D eigenvalue weighted by Gasteiger charge is 2.27. The van der Waals surface area contributed by atoms with Crippen molar-refractivity contribution in [3.05, 3.63) is 11.6 Å². The molecule has 2 N–H and O–H groups in total. The molecule has 2 nitrogen and oxygen atoms in total. The van der Waals surface area contributed by atoms with Crippen LogP contribution in [-0.2, 0) is 4.74 Å². The van der Waals surface area contributed by atoms with Gasteiger partial charge in [0.15, 0.2) is 0 Å². The van der Waals surface area contributed by atoms with Gasteiger partial charge in [-0.15, -0.1) is 11.6 Å². The summed E-state index contributed by atoms with van der Waals surface area (Å²) in [6.07, 6.45) is 5.10. The Balaban J connectivity index is 2.31. The highest BCUT2D eigenvalue weighted by Crippen LogP contribution is 2.24. The number of hydrogen-bond donors (Lipinski definition) is 1. The molecule has 0 aromatic rings. The van der Waals surface area contributed by atoms with E-state index >= 15 is 0 Å². The summed E-state index contributed by atoms with van der Waals surface area (Å²) in [7, 11) is 0. The second-order valence-corrected chi connectivity index (χ2v) is 4.80. The quantitative estimate of drug-likeness (QED) is 0.582. The van der Waals surface area contributed by atoms with Gasteiger partial charge in [0.25, 0.3) is 0 Å². The fourth-order valence-corrected chi connectivity index (χ4v) is 1.94. The number of ether oxygens (including phenoxy) is 1. The molecule has 0 spiro atoms. The van der Waals surface area contributed by atoms with E-state index in [1.807, 2.05) is 0 Å². The number of allylic oxidation sites excluding steroid dienone is 1. The molecule has 0 aromatic heterocycles. The lowest BCUT2D eigenvalue weighted by atomic mass is 9.93. The molecule has 0 radical (unpaired) electrons. The number of rotatable bonds is 3. The summed E-state index contributed by atoms with van der Waals surface area (Å²) in [5, 5.41) is 0.139. The average molecular weight is 218 g/mol. The maximum absolute atomic E-state index is 6.16. The first kappa shape index (κ1) is 12.0. The molecule has 1 aliphatic carbocycles. The van der Waals surface area contributed by atoms with Crippen LogP contribution in [0.5, 0.6) is 0 Å². The molecule has 0 amide bonds. The Morgan fingerprint density at radius 1 is 1.50 bits per heavy atom. The lowest BCUT2D eigenvalue weighted by molar-refractivity contribution is 0.0440. The minimum Gasteiger partial charge on any atom is -0.373 e. The Labute approximate surface area is 91.4 Å². The number of hydrogen-bond acceptors (Lipinski definition) is 2. The van der Waals surface area contributed by atoms with Crippen LogP contribution in [0.25, 0.3) is 0 Å². The van der Waals surface area contributed by atoms with Crippen molar-refractivity contribution in [1.29, 1.82) is 0 Å². The Morgan fingerprint density at radius 3 is 2.86 bits per heavy atom. The van der Waals surface area contributed by atoms with Crippen molar-refractivity contribution < 1.29 is 4.74 Å². The largest absolute Gasteiger partial charge is 0.373 e. The van der Waals surface area contributed by atoms with Gasteiger partial charge < -0.3 is 10.5 Å². The van der Waals surface area contributed by atoms with Gasteiger partial charge in [0.2, 0.25) is 0 Å². The lowest BCUT2D eigenvalue weighted by Crippen LogP contribution is -2.39. The zero-order chi connectivity index (χ0) is 10.6. The van der Waals surface area contributed by atoms with E-state index < -0.39 is 0 Å². The van der Waals surface area contributed by atoms with Gasteiger partial charge in [-0.25, -0.2) is 0 Å². The van der Waals surface area contributed by atoms with Gasteiger partial charge in [-0.2, -0.15) is 0 Å². The smallest absolute Gasteiger partial charge is 0.0757 e. The SMILES string of the molecule is CC(C)=CCOC1CC(N)CCC1Cl. The second-order valence-electron chi connectivity index (χ2n) is 4.24. The van der Waals surface area contributed by atoms with Gasteiger partial charge in [-0.3, -0.25) is 0 Å². The molecule has 82 valence electrons. The van der Waals surface area contributed by atoms with E-state index in [9.17, 15) is 0 Å². The van der Waals surface area contributed by atoms with Crippen LogP contribution in [0.3, 0.4) is 0 Å². The molecule has 0 bridgehead atoms. The van der Waals surface area contributed by atoms with Crippen LogP contribution in [-0.4, -0.2) is 24.1 Å². The van der Waals surface area contributed by atoms with Gasteiger partial charge in [0, 0.05) is 6.04 Å². The standard InChI is InChI=1S/C11H20ClNO/c1-8(2)5-6-14-11-7-9(13)3-4-10(11)12/h5,9-11H,3-4,6-7,13H2,1-2H3. The molecule has 0 heterocycles. The molecule has 14 heavy (non-hydrogen) atoms. The summed E-state index contributed by atoms with van der Waals surface area (Å²) in [5.74, 6) is 0. The summed E-state index contributed by atoms with van der Waals surface area (Å²) in [6, 6.07) is 0.265. The van der Waals surface area contributed by atoms with E-state index in [2.05, 4.69) is 19.9 Å². The number of halogens is 1. The molecule has 3 unspecified atom stereocenters. The first-order valence-electron chi connectivity index (χ1n) is 5.24. The fraction of sp³-hybridized carbons (Fsp3) is 0.818. The third kappa shape index (κ3) is 3.99. The van der Waals surface area contributed by atoms with Crippen LogP contribution in [0.4, 0.5) is 0 Å². The number of nitrogens with two attached hydrogens (primary N) is 1. The Morgan fingerprint density at radius 2 is 2.21 bits per heavy atom. The van der Waals surface area contributed by atoms with E-state index in [1.54, 1.807) is 0 Å². The lowest BCUT2D eigenvalue weighted by Gasteiger charge is -2.30. The summed E-state index contributed by atoms with van der Waals surface area (Å²) < 4.78 is 5.69. The Hall–Kier alpha value is -0.0500. The van der Waals surface area contributed by atoms with Crippen molar-refractivity contribution >= 4 is 11.6 Å². The van der Waals surface area contributed by atoms with Crippen LogP contribution in [0.15, 0.2) is 11.6 Å².